The van der Waals surface area contributed by atoms with Gasteiger partial charge in [0.15, 0.2) is 5.78 Å². The average molecular weight is 406 g/mol. The molecule has 2 N–H and O–H groups in total. The van der Waals surface area contributed by atoms with Crippen LogP contribution in [0.2, 0.25) is 5.02 Å². The van der Waals surface area contributed by atoms with E-state index in [0.717, 1.165) is 10.0 Å². The SMILES string of the molecule is CC1=C(C(=O)c2ccc(Cl)cc2)[C@H](c2cccc(Br)c2)NC(=O)N1. The molecule has 3 rings (SSSR count). The van der Waals surface area contributed by atoms with Gasteiger partial charge in [-0.05, 0) is 48.9 Å². The second kappa shape index (κ2) is 6.79. The van der Waals surface area contributed by atoms with Crippen LogP contribution in [0.25, 0.3) is 0 Å². The number of hydrogen-bond acceptors (Lipinski definition) is 2. The third-order valence-electron chi connectivity index (χ3n) is 3.80. The highest BCUT2D eigenvalue weighted by atomic mass is 79.9. The third kappa shape index (κ3) is 3.37. The van der Waals surface area contributed by atoms with E-state index in [1.165, 1.54) is 0 Å². The van der Waals surface area contributed by atoms with Crippen LogP contribution in [0, 0.1) is 0 Å². The van der Waals surface area contributed by atoms with Crippen molar-refractivity contribution in [2.75, 3.05) is 0 Å². The maximum atomic E-state index is 13.0. The summed E-state index contributed by atoms with van der Waals surface area (Å²) >= 11 is 9.32. The van der Waals surface area contributed by atoms with Gasteiger partial charge in [-0.1, -0.05) is 39.7 Å². The molecule has 0 saturated carbocycles. The molecule has 0 aromatic heterocycles. The van der Waals surface area contributed by atoms with Gasteiger partial charge in [-0.15, -0.1) is 0 Å². The molecule has 1 atom stereocenters. The van der Waals surface area contributed by atoms with Crippen molar-refractivity contribution in [1.82, 2.24) is 10.6 Å². The fourth-order valence-corrected chi connectivity index (χ4v) is 3.23. The molecule has 2 amide bonds. The number of allylic oxidation sites excluding steroid dienone is 1. The Morgan fingerprint density at radius 3 is 2.54 bits per heavy atom. The maximum absolute atomic E-state index is 13.0. The van der Waals surface area contributed by atoms with Crippen LogP contribution in [0.1, 0.15) is 28.9 Å². The Bertz CT molecular complexity index is 846. The molecule has 2 aromatic carbocycles. The normalized spacial score (nSPS) is 17.3. The van der Waals surface area contributed by atoms with Crippen molar-refractivity contribution in [3.8, 4) is 0 Å². The number of amides is 2. The first-order valence-electron chi connectivity index (χ1n) is 7.29. The Hall–Kier alpha value is -2.11. The average Bonchev–Trinajstić information content (AvgIpc) is 2.54. The summed E-state index contributed by atoms with van der Waals surface area (Å²) in [6.07, 6.45) is 0. The minimum atomic E-state index is -0.514. The molecule has 1 aliphatic rings. The van der Waals surface area contributed by atoms with Gasteiger partial charge in [-0.3, -0.25) is 4.79 Å². The molecular formula is C18H14BrClN2O2. The number of benzene rings is 2. The van der Waals surface area contributed by atoms with Crippen LogP contribution in [0.15, 0.2) is 64.3 Å². The first-order valence-corrected chi connectivity index (χ1v) is 8.47. The number of carbonyl (C=O) groups is 2. The van der Waals surface area contributed by atoms with Gasteiger partial charge in [-0.25, -0.2) is 4.79 Å². The second-order valence-electron chi connectivity index (χ2n) is 5.46. The molecule has 0 fully saturated rings. The Morgan fingerprint density at radius 2 is 1.88 bits per heavy atom. The van der Waals surface area contributed by atoms with E-state index in [2.05, 4.69) is 26.6 Å². The predicted octanol–water partition coefficient (Wildman–Crippen LogP) is 4.61. The second-order valence-corrected chi connectivity index (χ2v) is 6.81. The molecule has 1 aliphatic heterocycles. The van der Waals surface area contributed by atoms with Gasteiger partial charge in [0.2, 0.25) is 0 Å². The molecule has 0 aliphatic carbocycles. The van der Waals surface area contributed by atoms with Gasteiger partial charge >= 0.3 is 6.03 Å². The van der Waals surface area contributed by atoms with Crippen LogP contribution in [0.4, 0.5) is 4.79 Å². The monoisotopic (exact) mass is 404 g/mol. The van der Waals surface area contributed by atoms with Crippen LogP contribution in [-0.4, -0.2) is 11.8 Å². The highest BCUT2D eigenvalue weighted by molar-refractivity contribution is 9.10. The fraction of sp³-hybridized carbons (Fsp3) is 0.111. The first kappa shape index (κ1) is 16.7. The highest BCUT2D eigenvalue weighted by Gasteiger charge is 2.31. The topological polar surface area (TPSA) is 58.2 Å². The molecule has 1 heterocycles. The van der Waals surface area contributed by atoms with Crippen molar-refractivity contribution in [2.45, 2.75) is 13.0 Å². The number of urea groups is 1. The zero-order chi connectivity index (χ0) is 17.3. The number of halogens is 2. The Morgan fingerprint density at radius 1 is 1.17 bits per heavy atom. The number of hydrogen-bond donors (Lipinski definition) is 2. The van der Waals surface area contributed by atoms with Crippen molar-refractivity contribution >= 4 is 39.3 Å². The van der Waals surface area contributed by atoms with Crippen LogP contribution < -0.4 is 10.6 Å². The highest BCUT2D eigenvalue weighted by Crippen LogP contribution is 2.30. The molecule has 0 spiro atoms. The Kier molecular flexibility index (Phi) is 4.73. The number of nitrogens with one attached hydrogen (secondary N) is 2. The maximum Gasteiger partial charge on any atom is 0.319 e. The zero-order valence-corrected chi connectivity index (χ0v) is 15.1. The van der Waals surface area contributed by atoms with Gasteiger partial charge in [0.05, 0.1) is 6.04 Å². The van der Waals surface area contributed by atoms with E-state index >= 15 is 0 Å². The standard InChI is InChI=1S/C18H14BrClN2O2/c1-10-15(17(23)11-5-7-14(20)8-6-11)16(22-18(24)21-10)12-3-2-4-13(19)9-12/h2-9,16H,1H3,(H2,21,22,24)/t16-/m0/s1. The number of ketones is 1. The van der Waals surface area contributed by atoms with E-state index in [1.807, 2.05) is 24.3 Å². The molecule has 24 heavy (non-hydrogen) atoms. The summed E-state index contributed by atoms with van der Waals surface area (Å²) in [6, 6.07) is 13.4. The smallest absolute Gasteiger partial charge is 0.319 e. The zero-order valence-electron chi connectivity index (χ0n) is 12.8. The largest absolute Gasteiger partial charge is 0.327 e. The fourth-order valence-electron chi connectivity index (χ4n) is 2.69. The van der Waals surface area contributed by atoms with Crippen LogP contribution in [0.3, 0.4) is 0 Å². The van der Waals surface area contributed by atoms with Gasteiger partial charge in [-0.2, -0.15) is 0 Å². The molecule has 0 saturated heterocycles. The molecular weight excluding hydrogens is 392 g/mol. The Balaban J connectivity index is 2.06. The summed E-state index contributed by atoms with van der Waals surface area (Å²) < 4.78 is 0.878. The summed E-state index contributed by atoms with van der Waals surface area (Å²) in [4.78, 5) is 24.9. The summed E-state index contributed by atoms with van der Waals surface area (Å²) in [7, 11) is 0. The minimum Gasteiger partial charge on any atom is -0.327 e. The van der Waals surface area contributed by atoms with Crippen molar-refractivity contribution in [3.63, 3.8) is 0 Å². The van der Waals surface area contributed by atoms with Crippen LogP contribution in [0.5, 0.6) is 0 Å². The summed E-state index contributed by atoms with van der Waals surface area (Å²) in [5.41, 5.74) is 2.40. The predicted molar refractivity (Wildman–Crippen MR) is 97.0 cm³/mol. The van der Waals surface area contributed by atoms with Gasteiger partial charge in [0.1, 0.15) is 0 Å². The molecule has 6 heteroatoms. The lowest BCUT2D eigenvalue weighted by molar-refractivity contribution is 0.102. The molecule has 4 nitrogen and oxygen atoms in total. The van der Waals surface area contributed by atoms with Crippen molar-refractivity contribution in [2.24, 2.45) is 0 Å². The molecule has 0 bridgehead atoms. The number of rotatable bonds is 3. The lowest BCUT2D eigenvalue weighted by Crippen LogP contribution is -2.45. The van der Waals surface area contributed by atoms with E-state index in [9.17, 15) is 9.59 Å². The Labute approximate surface area is 153 Å². The molecule has 122 valence electrons. The van der Waals surface area contributed by atoms with Crippen molar-refractivity contribution in [3.05, 3.63) is 80.4 Å². The number of Topliss-reactive ketones (excluding diaryl/α,β-unsaturated/α-hetero) is 1. The van der Waals surface area contributed by atoms with Gasteiger partial charge in [0.25, 0.3) is 0 Å². The molecule has 2 aromatic rings. The van der Waals surface area contributed by atoms with Crippen LogP contribution >= 0.6 is 27.5 Å². The van der Waals surface area contributed by atoms with Crippen molar-refractivity contribution < 1.29 is 9.59 Å². The quantitative estimate of drug-likeness (QED) is 0.732. The van der Waals surface area contributed by atoms with Crippen LogP contribution in [-0.2, 0) is 0 Å². The lowest BCUT2D eigenvalue weighted by atomic mass is 9.90. The van der Waals surface area contributed by atoms with E-state index in [4.69, 9.17) is 11.6 Å². The van der Waals surface area contributed by atoms with Gasteiger partial charge in [0, 0.05) is 26.3 Å². The lowest BCUT2D eigenvalue weighted by Gasteiger charge is -2.28. The number of carbonyl (C=O) groups excluding carboxylic acids is 2. The van der Waals surface area contributed by atoms with Crippen molar-refractivity contribution in [1.29, 1.82) is 0 Å². The molecule has 0 unspecified atom stereocenters. The molecule has 0 radical (unpaired) electrons. The first-order chi connectivity index (χ1) is 11.5. The van der Waals surface area contributed by atoms with E-state index in [0.29, 0.717) is 21.9 Å². The van der Waals surface area contributed by atoms with E-state index in [-0.39, 0.29) is 11.8 Å². The summed E-state index contributed by atoms with van der Waals surface area (Å²) in [6.45, 7) is 1.73. The third-order valence-corrected chi connectivity index (χ3v) is 4.55. The van der Waals surface area contributed by atoms with E-state index < -0.39 is 6.04 Å². The van der Waals surface area contributed by atoms with E-state index in [1.54, 1.807) is 31.2 Å². The summed E-state index contributed by atoms with van der Waals surface area (Å²) in [5, 5.41) is 6.07. The van der Waals surface area contributed by atoms with Gasteiger partial charge < -0.3 is 10.6 Å². The minimum absolute atomic E-state index is 0.151. The summed E-state index contributed by atoms with van der Waals surface area (Å²) in [5.74, 6) is -0.151.